The molecule has 19 heavy (non-hydrogen) atoms. The minimum absolute atomic E-state index is 0.273. The first-order valence-corrected chi connectivity index (χ1v) is 6.45. The van der Waals surface area contributed by atoms with Crippen LogP contribution in [-0.4, -0.2) is 15.7 Å². The van der Waals surface area contributed by atoms with Gasteiger partial charge < -0.3 is 5.32 Å². The van der Waals surface area contributed by atoms with Crippen molar-refractivity contribution in [3.63, 3.8) is 0 Å². The van der Waals surface area contributed by atoms with E-state index >= 15 is 0 Å². The molecule has 0 unspecified atom stereocenters. The first kappa shape index (κ1) is 13.7. The first-order chi connectivity index (χ1) is 8.88. The number of anilines is 1. The molecule has 4 nitrogen and oxygen atoms in total. The van der Waals surface area contributed by atoms with Gasteiger partial charge in [-0.1, -0.05) is 0 Å². The number of hydrogen-bond acceptors (Lipinski definition) is 2. The molecule has 1 aromatic carbocycles. The zero-order chi connectivity index (χ0) is 14.2. The Bertz CT molecular complexity index is 652. The number of rotatable bonds is 2. The van der Waals surface area contributed by atoms with Crippen LogP contribution >= 0.6 is 15.9 Å². The maximum Gasteiger partial charge on any atom is 0.273 e. The van der Waals surface area contributed by atoms with Crippen molar-refractivity contribution in [1.29, 1.82) is 0 Å². The van der Waals surface area contributed by atoms with Crippen LogP contribution in [0.4, 0.5) is 10.1 Å². The minimum atomic E-state index is -0.355. The molecule has 0 aliphatic heterocycles. The Kier molecular flexibility index (Phi) is 3.71. The number of aryl methyl sites for hydroxylation is 3. The quantitative estimate of drug-likeness (QED) is 0.921. The molecule has 0 fully saturated rings. The van der Waals surface area contributed by atoms with Crippen LogP contribution in [0.25, 0.3) is 0 Å². The SMILES string of the molecule is Cc1cc(C(=O)Nc2cc(Br)c(F)cc2C)n(C)n1. The average Bonchev–Trinajstić information content (AvgIpc) is 2.65. The van der Waals surface area contributed by atoms with Gasteiger partial charge in [-0.05, 0) is 53.5 Å². The lowest BCUT2D eigenvalue weighted by Crippen LogP contribution is -2.16. The molecule has 2 rings (SSSR count). The second-order valence-electron chi connectivity index (χ2n) is 4.33. The van der Waals surface area contributed by atoms with Gasteiger partial charge in [-0.2, -0.15) is 5.10 Å². The Hall–Kier alpha value is -1.69. The fraction of sp³-hybridized carbons (Fsp3) is 0.231. The van der Waals surface area contributed by atoms with Gasteiger partial charge in [0.15, 0.2) is 0 Å². The first-order valence-electron chi connectivity index (χ1n) is 5.66. The highest BCUT2D eigenvalue weighted by Crippen LogP contribution is 2.24. The van der Waals surface area contributed by atoms with Crippen molar-refractivity contribution in [3.8, 4) is 0 Å². The Morgan fingerprint density at radius 1 is 1.37 bits per heavy atom. The van der Waals surface area contributed by atoms with Gasteiger partial charge in [0.05, 0.1) is 10.2 Å². The Morgan fingerprint density at radius 2 is 2.05 bits per heavy atom. The molecule has 6 heteroatoms. The summed E-state index contributed by atoms with van der Waals surface area (Å²) in [7, 11) is 1.70. The van der Waals surface area contributed by atoms with E-state index < -0.39 is 0 Å². The van der Waals surface area contributed by atoms with Crippen LogP contribution in [0.3, 0.4) is 0 Å². The van der Waals surface area contributed by atoms with Gasteiger partial charge in [0.25, 0.3) is 5.91 Å². The molecule has 0 radical (unpaired) electrons. The average molecular weight is 326 g/mol. The lowest BCUT2D eigenvalue weighted by molar-refractivity contribution is 0.101. The molecule has 100 valence electrons. The highest BCUT2D eigenvalue weighted by atomic mass is 79.9. The van der Waals surface area contributed by atoms with Crippen LogP contribution in [0, 0.1) is 19.7 Å². The van der Waals surface area contributed by atoms with E-state index in [2.05, 4.69) is 26.3 Å². The number of amides is 1. The van der Waals surface area contributed by atoms with Crippen LogP contribution in [0.15, 0.2) is 22.7 Å². The van der Waals surface area contributed by atoms with Crippen LogP contribution in [0.1, 0.15) is 21.7 Å². The fourth-order valence-electron chi connectivity index (χ4n) is 1.79. The van der Waals surface area contributed by atoms with Crippen LogP contribution in [0.2, 0.25) is 0 Å². The van der Waals surface area contributed by atoms with Crippen LogP contribution in [-0.2, 0) is 7.05 Å². The third kappa shape index (κ3) is 2.84. The maximum atomic E-state index is 13.3. The molecule has 0 spiro atoms. The number of nitrogens with zero attached hydrogens (tertiary/aromatic N) is 2. The van der Waals surface area contributed by atoms with Gasteiger partial charge in [0, 0.05) is 12.7 Å². The molecule has 0 aliphatic rings. The number of nitrogens with one attached hydrogen (secondary N) is 1. The monoisotopic (exact) mass is 325 g/mol. The zero-order valence-electron chi connectivity index (χ0n) is 10.8. The topological polar surface area (TPSA) is 46.9 Å². The van der Waals surface area contributed by atoms with E-state index in [1.807, 2.05) is 6.92 Å². The highest BCUT2D eigenvalue weighted by molar-refractivity contribution is 9.10. The predicted octanol–water partition coefficient (Wildman–Crippen LogP) is 3.19. The number of benzene rings is 1. The predicted molar refractivity (Wildman–Crippen MR) is 74.7 cm³/mol. The second kappa shape index (κ2) is 5.13. The number of carbonyl (C=O) groups excluding carboxylic acids is 1. The summed E-state index contributed by atoms with van der Waals surface area (Å²) >= 11 is 3.10. The van der Waals surface area contributed by atoms with E-state index in [4.69, 9.17) is 0 Å². The molecule has 0 bridgehead atoms. The Labute approximate surface area is 118 Å². The number of halogens is 2. The standard InChI is InChI=1S/C13H13BrFN3O/c1-7-4-10(15)9(14)6-11(7)16-13(19)12-5-8(2)17-18(12)3/h4-6H,1-3H3,(H,16,19). The highest BCUT2D eigenvalue weighted by Gasteiger charge is 2.14. The van der Waals surface area contributed by atoms with E-state index in [1.54, 1.807) is 26.1 Å². The van der Waals surface area contributed by atoms with Gasteiger partial charge in [-0.15, -0.1) is 0 Å². The minimum Gasteiger partial charge on any atom is -0.320 e. The molecule has 1 N–H and O–H groups in total. The molecule has 2 aromatic rings. The Balaban J connectivity index is 2.29. The number of hydrogen-bond donors (Lipinski definition) is 1. The van der Waals surface area contributed by atoms with Gasteiger partial charge >= 0.3 is 0 Å². The van der Waals surface area contributed by atoms with Crippen molar-refractivity contribution in [2.75, 3.05) is 5.32 Å². The summed E-state index contributed by atoms with van der Waals surface area (Å²) in [5.41, 5.74) is 2.45. The largest absolute Gasteiger partial charge is 0.320 e. The molecule has 0 aliphatic carbocycles. The summed E-state index contributed by atoms with van der Waals surface area (Å²) in [6, 6.07) is 4.61. The summed E-state index contributed by atoms with van der Waals surface area (Å²) in [5.74, 6) is -0.628. The second-order valence-corrected chi connectivity index (χ2v) is 5.18. The van der Waals surface area contributed by atoms with Crippen LogP contribution in [0.5, 0.6) is 0 Å². The molecule has 1 heterocycles. The summed E-state index contributed by atoms with van der Waals surface area (Å²) in [5, 5.41) is 6.87. The number of aromatic nitrogens is 2. The van der Waals surface area contributed by atoms with Gasteiger partial charge in [0.1, 0.15) is 11.5 Å². The van der Waals surface area contributed by atoms with Crippen molar-refractivity contribution >= 4 is 27.5 Å². The van der Waals surface area contributed by atoms with E-state index in [-0.39, 0.29) is 11.7 Å². The van der Waals surface area contributed by atoms with Gasteiger partial charge in [0.2, 0.25) is 0 Å². The Morgan fingerprint density at radius 3 is 2.63 bits per heavy atom. The normalized spacial score (nSPS) is 10.6. The lowest BCUT2D eigenvalue weighted by atomic mass is 10.2. The molecule has 0 saturated carbocycles. The molecule has 1 aromatic heterocycles. The van der Waals surface area contributed by atoms with E-state index in [1.165, 1.54) is 10.7 Å². The van der Waals surface area contributed by atoms with Gasteiger partial charge in [-0.25, -0.2) is 4.39 Å². The molecule has 0 saturated heterocycles. The molecule has 1 amide bonds. The summed E-state index contributed by atoms with van der Waals surface area (Å²) < 4.78 is 15.1. The third-order valence-corrected chi connectivity index (χ3v) is 3.36. The third-order valence-electron chi connectivity index (χ3n) is 2.75. The van der Waals surface area contributed by atoms with Crippen molar-refractivity contribution in [2.45, 2.75) is 13.8 Å². The summed E-state index contributed by atoms with van der Waals surface area (Å²) in [6.45, 7) is 3.55. The fourth-order valence-corrected chi connectivity index (χ4v) is 2.13. The molecular formula is C13H13BrFN3O. The van der Waals surface area contributed by atoms with E-state index in [0.717, 1.165) is 5.69 Å². The summed E-state index contributed by atoms with van der Waals surface area (Å²) in [4.78, 5) is 12.1. The maximum absolute atomic E-state index is 13.3. The van der Waals surface area contributed by atoms with Crippen molar-refractivity contribution < 1.29 is 9.18 Å². The van der Waals surface area contributed by atoms with E-state index in [9.17, 15) is 9.18 Å². The van der Waals surface area contributed by atoms with Crippen molar-refractivity contribution in [2.24, 2.45) is 7.05 Å². The van der Waals surface area contributed by atoms with Gasteiger partial charge in [-0.3, -0.25) is 9.48 Å². The smallest absolute Gasteiger partial charge is 0.273 e. The summed E-state index contributed by atoms with van der Waals surface area (Å²) in [6.07, 6.45) is 0. The zero-order valence-corrected chi connectivity index (χ0v) is 12.4. The lowest BCUT2D eigenvalue weighted by Gasteiger charge is -2.09. The van der Waals surface area contributed by atoms with Crippen molar-refractivity contribution in [3.05, 3.63) is 45.4 Å². The van der Waals surface area contributed by atoms with E-state index in [0.29, 0.717) is 21.4 Å². The van der Waals surface area contributed by atoms with Crippen molar-refractivity contribution in [1.82, 2.24) is 9.78 Å². The molecule has 0 atom stereocenters. The molecular weight excluding hydrogens is 313 g/mol. The van der Waals surface area contributed by atoms with Crippen LogP contribution < -0.4 is 5.32 Å². The number of carbonyl (C=O) groups is 1.